The normalized spacial score (nSPS) is 15.0. The molecule has 2 aromatic carbocycles. The molecule has 9 heteroatoms. The minimum atomic E-state index is -3.37. The Balaban J connectivity index is 1.51. The number of nitrogens with one attached hydrogen (secondary N) is 2. The van der Waals surface area contributed by atoms with Crippen molar-refractivity contribution in [2.75, 3.05) is 24.1 Å². The first-order valence-electron chi connectivity index (χ1n) is 9.15. The van der Waals surface area contributed by atoms with Crippen molar-refractivity contribution in [3.63, 3.8) is 0 Å². The highest BCUT2D eigenvalue weighted by Gasteiger charge is 2.25. The number of anilines is 1. The van der Waals surface area contributed by atoms with E-state index in [4.69, 9.17) is 0 Å². The smallest absolute Gasteiger partial charge is 0.253 e. The van der Waals surface area contributed by atoms with Gasteiger partial charge >= 0.3 is 0 Å². The Morgan fingerprint density at radius 1 is 0.966 bits per heavy atom. The van der Waals surface area contributed by atoms with Crippen LogP contribution in [0.2, 0.25) is 0 Å². The molecule has 0 unspecified atom stereocenters. The van der Waals surface area contributed by atoms with Gasteiger partial charge in [0.05, 0.1) is 6.26 Å². The second-order valence-electron chi connectivity index (χ2n) is 7.00. The Morgan fingerprint density at radius 2 is 1.52 bits per heavy atom. The molecule has 154 valence electrons. The quantitative estimate of drug-likeness (QED) is 0.777. The maximum atomic E-state index is 13.0. The molecule has 2 N–H and O–H groups in total. The molecule has 2 aromatic rings. The third kappa shape index (κ3) is 5.77. The van der Waals surface area contributed by atoms with Crippen molar-refractivity contribution in [2.45, 2.75) is 18.9 Å². The predicted octanol–water partition coefficient (Wildman–Crippen LogP) is 2.23. The molecule has 1 saturated heterocycles. The number of sulfonamides is 1. The molecule has 1 fully saturated rings. The van der Waals surface area contributed by atoms with Crippen LogP contribution in [0.15, 0.2) is 48.5 Å². The first-order valence-corrected chi connectivity index (χ1v) is 11.0. The number of benzene rings is 2. The summed E-state index contributed by atoms with van der Waals surface area (Å²) in [6.07, 6.45) is 2.29. The molecular weight excluding hydrogens is 397 g/mol. The average Bonchev–Trinajstić information content (AvgIpc) is 2.68. The third-order valence-corrected chi connectivity index (χ3v) is 5.27. The largest absolute Gasteiger partial charge is 0.349 e. The Labute approximate surface area is 169 Å². The summed E-state index contributed by atoms with van der Waals surface area (Å²) in [5.74, 6) is -0.786. The predicted molar refractivity (Wildman–Crippen MR) is 108 cm³/mol. The number of nitrogens with zero attached hydrogens (tertiary/aromatic N) is 1. The Hall–Kier alpha value is -2.94. The molecule has 0 aliphatic carbocycles. The average molecular weight is 419 g/mol. The van der Waals surface area contributed by atoms with Gasteiger partial charge in [0.25, 0.3) is 11.8 Å². The fourth-order valence-electron chi connectivity index (χ4n) is 3.17. The summed E-state index contributed by atoms with van der Waals surface area (Å²) in [7, 11) is -3.37. The number of piperidine rings is 1. The lowest BCUT2D eigenvalue weighted by molar-refractivity contribution is 0.0698. The summed E-state index contributed by atoms with van der Waals surface area (Å²) < 4.78 is 37.8. The molecule has 0 saturated carbocycles. The fourth-order valence-corrected chi connectivity index (χ4v) is 3.74. The van der Waals surface area contributed by atoms with E-state index in [0.29, 0.717) is 42.7 Å². The van der Waals surface area contributed by atoms with Gasteiger partial charge in [0.2, 0.25) is 10.0 Å². The van der Waals surface area contributed by atoms with Crippen LogP contribution in [0, 0.1) is 5.82 Å². The standard InChI is InChI=1S/C20H22FN3O4S/c1-29(27,28)23-18-8-4-14(5-9-18)19(25)22-17-10-12-24(13-11-17)20(26)15-2-6-16(21)7-3-15/h2-9,17,23H,10-13H2,1H3,(H,22,25). The summed E-state index contributed by atoms with van der Waals surface area (Å²) >= 11 is 0. The number of amides is 2. The Morgan fingerprint density at radius 3 is 2.07 bits per heavy atom. The van der Waals surface area contributed by atoms with E-state index in [0.717, 1.165) is 6.26 Å². The zero-order valence-electron chi connectivity index (χ0n) is 15.9. The van der Waals surface area contributed by atoms with E-state index < -0.39 is 10.0 Å². The van der Waals surface area contributed by atoms with Gasteiger partial charge in [-0.3, -0.25) is 14.3 Å². The number of hydrogen-bond acceptors (Lipinski definition) is 4. The SMILES string of the molecule is CS(=O)(=O)Nc1ccc(C(=O)NC2CCN(C(=O)c3ccc(F)cc3)CC2)cc1. The van der Waals surface area contributed by atoms with Crippen LogP contribution in [0.3, 0.4) is 0 Å². The first-order chi connectivity index (χ1) is 13.7. The Kier molecular flexibility index (Phi) is 6.17. The van der Waals surface area contributed by atoms with E-state index in [-0.39, 0.29) is 23.7 Å². The number of likely N-dealkylation sites (tertiary alicyclic amines) is 1. The number of hydrogen-bond donors (Lipinski definition) is 2. The van der Waals surface area contributed by atoms with Crippen molar-refractivity contribution in [2.24, 2.45) is 0 Å². The Bertz CT molecular complexity index is 983. The molecule has 0 atom stereocenters. The van der Waals surface area contributed by atoms with Crippen LogP contribution in [0.25, 0.3) is 0 Å². The van der Waals surface area contributed by atoms with Crippen molar-refractivity contribution in [3.8, 4) is 0 Å². The van der Waals surface area contributed by atoms with Crippen LogP contribution >= 0.6 is 0 Å². The van der Waals surface area contributed by atoms with Gasteiger partial charge in [0.1, 0.15) is 5.82 Å². The highest BCUT2D eigenvalue weighted by atomic mass is 32.2. The van der Waals surface area contributed by atoms with E-state index in [1.54, 1.807) is 17.0 Å². The number of carbonyl (C=O) groups excluding carboxylic acids is 2. The van der Waals surface area contributed by atoms with Crippen LogP contribution in [0.5, 0.6) is 0 Å². The second-order valence-corrected chi connectivity index (χ2v) is 8.75. The van der Waals surface area contributed by atoms with Crippen molar-refractivity contribution < 1.29 is 22.4 Å². The van der Waals surface area contributed by atoms with Crippen LogP contribution in [0.4, 0.5) is 10.1 Å². The van der Waals surface area contributed by atoms with Crippen LogP contribution < -0.4 is 10.0 Å². The lowest BCUT2D eigenvalue weighted by atomic mass is 10.0. The van der Waals surface area contributed by atoms with Crippen molar-refractivity contribution in [3.05, 3.63) is 65.5 Å². The van der Waals surface area contributed by atoms with Gasteiger partial charge in [-0.2, -0.15) is 0 Å². The van der Waals surface area contributed by atoms with Gasteiger partial charge in [-0.1, -0.05) is 0 Å². The molecule has 0 bridgehead atoms. The summed E-state index contributed by atoms with van der Waals surface area (Å²) in [4.78, 5) is 26.6. The summed E-state index contributed by atoms with van der Waals surface area (Å²) in [6, 6.07) is 11.6. The van der Waals surface area contributed by atoms with Gasteiger partial charge in [-0.05, 0) is 61.4 Å². The molecule has 29 heavy (non-hydrogen) atoms. The topological polar surface area (TPSA) is 95.6 Å². The van der Waals surface area contributed by atoms with Gasteiger partial charge in [-0.15, -0.1) is 0 Å². The zero-order valence-corrected chi connectivity index (χ0v) is 16.7. The highest BCUT2D eigenvalue weighted by Crippen LogP contribution is 2.16. The summed E-state index contributed by atoms with van der Waals surface area (Å²) in [5.41, 5.74) is 1.25. The molecule has 1 aliphatic rings. The molecule has 1 aliphatic heterocycles. The molecule has 0 radical (unpaired) electrons. The third-order valence-electron chi connectivity index (χ3n) is 4.66. The van der Waals surface area contributed by atoms with E-state index in [1.807, 2.05) is 0 Å². The minimum Gasteiger partial charge on any atom is -0.349 e. The minimum absolute atomic E-state index is 0.0615. The van der Waals surface area contributed by atoms with Crippen molar-refractivity contribution >= 4 is 27.5 Å². The van der Waals surface area contributed by atoms with Gasteiger partial charge < -0.3 is 10.2 Å². The lowest BCUT2D eigenvalue weighted by Gasteiger charge is -2.32. The van der Waals surface area contributed by atoms with Crippen LogP contribution in [0.1, 0.15) is 33.6 Å². The van der Waals surface area contributed by atoms with Gasteiger partial charge in [0.15, 0.2) is 0 Å². The van der Waals surface area contributed by atoms with E-state index >= 15 is 0 Å². The number of carbonyl (C=O) groups is 2. The molecule has 0 aromatic heterocycles. The number of halogens is 1. The maximum Gasteiger partial charge on any atom is 0.253 e. The van der Waals surface area contributed by atoms with Gasteiger partial charge in [0, 0.05) is 35.9 Å². The molecule has 3 rings (SSSR count). The second kappa shape index (κ2) is 8.60. The van der Waals surface area contributed by atoms with Crippen molar-refractivity contribution in [1.29, 1.82) is 0 Å². The van der Waals surface area contributed by atoms with E-state index in [1.165, 1.54) is 36.4 Å². The summed E-state index contributed by atoms with van der Waals surface area (Å²) in [5, 5.41) is 2.94. The van der Waals surface area contributed by atoms with Crippen LogP contribution in [-0.4, -0.2) is 50.5 Å². The lowest BCUT2D eigenvalue weighted by Crippen LogP contribution is -2.46. The van der Waals surface area contributed by atoms with Crippen LogP contribution in [-0.2, 0) is 10.0 Å². The zero-order chi connectivity index (χ0) is 21.0. The monoisotopic (exact) mass is 419 g/mol. The van der Waals surface area contributed by atoms with E-state index in [9.17, 15) is 22.4 Å². The van der Waals surface area contributed by atoms with Gasteiger partial charge in [-0.25, -0.2) is 12.8 Å². The highest BCUT2D eigenvalue weighted by molar-refractivity contribution is 7.92. The molecule has 2 amide bonds. The first kappa shape index (κ1) is 20.8. The molecule has 1 heterocycles. The fraction of sp³-hybridized carbons (Fsp3) is 0.300. The molecule has 7 nitrogen and oxygen atoms in total. The number of rotatable bonds is 5. The maximum absolute atomic E-state index is 13.0. The van der Waals surface area contributed by atoms with E-state index in [2.05, 4.69) is 10.0 Å². The summed E-state index contributed by atoms with van der Waals surface area (Å²) in [6.45, 7) is 0.997. The molecular formula is C20H22FN3O4S. The molecule has 0 spiro atoms. The van der Waals surface area contributed by atoms with Crippen molar-refractivity contribution in [1.82, 2.24) is 10.2 Å².